The van der Waals surface area contributed by atoms with Crippen LogP contribution in [0.5, 0.6) is 0 Å². The second-order valence-corrected chi connectivity index (χ2v) is 9.15. The van der Waals surface area contributed by atoms with Crippen LogP contribution in [-0.4, -0.2) is 41.7 Å². The fourth-order valence-electron chi connectivity index (χ4n) is 3.39. The summed E-state index contributed by atoms with van der Waals surface area (Å²) < 4.78 is 42.1. The summed E-state index contributed by atoms with van der Waals surface area (Å²) in [4.78, 5) is 41.1. The van der Waals surface area contributed by atoms with E-state index in [0.717, 1.165) is 11.1 Å². The number of nitrogens with zero attached hydrogens (tertiary/aromatic N) is 1. The summed E-state index contributed by atoms with van der Waals surface area (Å²) >= 11 is 1.23. The Bertz CT molecular complexity index is 1190. The summed E-state index contributed by atoms with van der Waals surface area (Å²) in [6, 6.07) is 17.4. The normalized spacial score (nSPS) is 11.9. The van der Waals surface area contributed by atoms with Gasteiger partial charge in [0.2, 0.25) is 11.8 Å². The van der Waals surface area contributed by atoms with Gasteiger partial charge in [-0.15, -0.1) is 11.3 Å². The van der Waals surface area contributed by atoms with Crippen LogP contribution in [0.15, 0.2) is 66.0 Å². The number of benzene rings is 2. The molecule has 3 rings (SSSR count). The highest BCUT2D eigenvalue weighted by Crippen LogP contribution is 2.25. The molecule has 1 heterocycles. The number of carbonyl (C=O) groups is 3. The standard InChI is InChI=1S/C26H27F3N4O4S/c27-26(28,29)15-22(34)30-14-8-7-13-20(32-25(36)37-16-18-9-3-1-4-10-18)23(35)33-24-31-21(17-38-24)19-11-5-2-6-12-19/h1-6,9-12,17,20H,7-8,13-16H2,(H,30,34)(H,32,36)(H,31,33,35)/t20-/m0/s1. The van der Waals surface area contributed by atoms with E-state index in [1.54, 1.807) is 29.6 Å². The molecule has 12 heteroatoms. The number of hydrogen-bond donors (Lipinski definition) is 3. The van der Waals surface area contributed by atoms with E-state index in [-0.39, 0.29) is 19.6 Å². The molecule has 2 aromatic carbocycles. The number of ether oxygens (including phenoxy) is 1. The van der Waals surface area contributed by atoms with Crippen molar-refractivity contribution in [1.82, 2.24) is 15.6 Å². The molecule has 202 valence electrons. The number of carbonyl (C=O) groups excluding carboxylic acids is 3. The average molecular weight is 549 g/mol. The van der Waals surface area contributed by atoms with Gasteiger partial charge in [-0.1, -0.05) is 60.7 Å². The van der Waals surface area contributed by atoms with E-state index in [9.17, 15) is 27.6 Å². The van der Waals surface area contributed by atoms with Crippen molar-refractivity contribution in [3.05, 3.63) is 71.6 Å². The van der Waals surface area contributed by atoms with Crippen molar-refractivity contribution in [2.45, 2.75) is 44.5 Å². The largest absolute Gasteiger partial charge is 0.445 e. The second-order valence-electron chi connectivity index (χ2n) is 8.29. The van der Waals surface area contributed by atoms with Crippen LogP contribution in [-0.2, 0) is 20.9 Å². The van der Waals surface area contributed by atoms with Crippen LogP contribution in [0.4, 0.5) is 23.1 Å². The number of amides is 3. The molecule has 38 heavy (non-hydrogen) atoms. The summed E-state index contributed by atoms with van der Waals surface area (Å²) in [5.74, 6) is -1.64. The molecular formula is C26H27F3N4O4S. The molecule has 0 aliphatic heterocycles. The predicted octanol–water partition coefficient (Wildman–Crippen LogP) is 5.28. The second kappa shape index (κ2) is 14.1. The first-order chi connectivity index (χ1) is 18.2. The average Bonchev–Trinajstić information content (AvgIpc) is 3.35. The van der Waals surface area contributed by atoms with Gasteiger partial charge in [0.1, 0.15) is 19.1 Å². The van der Waals surface area contributed by atoms with Crippen molar-refractivity contribution < 1.29 is 32.3 Å². The lowest BCUT2D eigenvalue weighted by atomic mass is 10.1. The monoisotopic (exact) mass is 548 g/mol. The molecule has 0 aliphatic carbocycles. The Morgan fingerprint density at radius 1 is 0.974 bits per heavy atom. The van der Waals surface area contributed by atoms with Gasteiger partial charge in [0.05, 0.1) is 5.69 Å². The first kappa shape index (κ1) is 28.6. The van der Waals surface area contributed by atoms with Gasteiger partial charge >= 0.3 is 12.3 Å². The van der Waals surface area contributed by atoms with Gasteiger partial charge in [0.15, 0.2) is 5.13 Å². The Labute approximate surface area is 221 Å². The minimum atomic E-state index is -4.58. The number of aromatic nitrogens is 1. The van der Waals surface area contributed by atoms with Crippen molar-refractivity contribution in [1.29, 1.82) is 0 Å². The van der Waals surface area contributed by atoms with E-state index < -0.39 is 36.5 Å². The van der Waals surface area contributed by atoms with E-state index >= 15 is 0 Å². The Kier molecular flexibility index (Phi) is 10.6. The van der Waals surface area contributed by atoms with Crippen molar-refractivity contribution >= 4 is 34.4 Å². The Hall–Kier alpha value is -3.93. The SMILES string of the molecule is O=C(CC(F)(F)F)NCCCC[C@H](NC(=O)OCc1ccccc1)C(=O)Nc1nc(-c2ccccc2)cs1. The Morgan fingerprint density at radius 3 is 2.34 bits per heavy atom. The van der Waals surface area contributed by atoms with E-state index in [1.165, 1.54) is 11.3 Å². The molecular weight excluding hydrogens is 521 g/mol. The molecule has 0 saturated heterocycles. The van der Waals surface area contributed by atoms with Crippen molar-refractivity contribution in [3.8, 4) is 11.3 Å². The zero-order valence-electron chi connectivity index (χ0n) is 20.3. The topological polar surface area (TPSA) is 109 Å². The van der Waals surface area contributed by atoms with Crippen molar-refractivity contribution in [3.63, 3.8) is 0 Å². The van der Waals surface area contributed by atoms with Gasteiger partial charge in [-0.25, -0.2) is 9.78 Å². The van der Waals surface area contributed by atoms with Crippen molar-refractivity contribution in [2.24, 2.45) is 0 Å². The van der Waals surface area contributed by atoms with Crippen LogP contribution < -0.4 is 16.0 Å². The van der Waals surface area contributed by atoms with E-state index in [0.29, 0.717) is 23.7 Å². The highest BCUT2D eigenvalue weighted by Gasteiger charge is 2.31. The van der Waals surface area contributed by atoms with Crippen LogP contribution in [0.25, 0.3) is 11.3 Å². The zero-order valence-corrected chi connectivity index (χ0v) is 21.1. The summed E-state index contributed by atoms with van der Waals surface area (Å²) in [6.07, 6.45) is -6.10. The lowest BCUT2D eigenvalue weighted by Crippen LogP contribution is -2.44. The lowest BCUT2D eigenvalue weighted by molar-refractivity contribution is -0.153. The number of thiazole rings is 1. The molecule has 3 amide bonds. The molecule has 0 bridgehead atoms. The molecule has 8 nitrogen and oxygen atoms in total. The number of halogens is 3. The third-order valence-corrected chi connectivity index (χ3v) is 5.99. The molecule has 0 radical (unpaired) electrons. The van der Waals surface area contributed by atoms with Crippen LogP contribution in [0, 0.1) is 0 Å². The predicted molar refractivity (Wildman–Crippen MR) is 137 cm³/mol. The fraction of sp³-hybridized carbons (Fsp3) is 0.308. The Balaban J connectivity index is 1.55. The Morgan fingerprint density at radius 2 is 1.66 bits per heavy atom. The maximum Gasteiger partial charge on any atom is 0.408 e. The molecule has 0 unspecified atom stereocenters. The molecule has 1 aromatic heterocycles. The van der Waals surface area contributed by atoms with Gasteiger partial charge in [-0.05, 0) is 24.8 Å². The quantitative estimate of drug-likeness (QED) is 0.267. The number of nitrogens with one attached hydrogen (secondary N) is 3. The molecule has 0 saturated carbocycles. The molecule has 0 spiro atoms. The van der Waals surface area contributed by atoms with Gasteiger partial charge in [0, 0.05) is 17.5 Å². The van der Waals surface area contributed by atoms with Crippen LogP contribution in [0.3, 0.4) is 0 Å². The first-order valence-electron chi connectivity index (χ1n) is 11.8. The summed E-state index contributed by atoms with van der Waals surface area (Å²) in [6.45, 7) is 0.0216. The van der Waals surface area contributed by atoms with Gasteiger partial charge in [0.25, 0.3) is 0 Å². The van der Waals surface area contributed by atoms with E-state index in [1.807, 2.05) is 36.4 Å². The fourth-order valence-corrected chi connectivity index (χ4v) is 4.11. The van der Waals surface area contributed by atoms with Gasteiger partial charge < -0.3 is 20.7 Å². The van der Waals surface area contributed by atoms with E-state index in [4.69, 9.17) is 4.74 Å². The third-order valence-electron chi connectivity index (χ3n) is 5.23. The van der Waals surface area contributed by atoms with Crippen LogP contribution in [0.1, 0.15) is 31.2 Å². The number of alkyl halides is 3. The van der Waals surface area contributed by atoms with Crippen LogP contribution >= 0.6 is 11.3 Å². The maximum atomic E-state index is 13.0. The summed E-state index contributed by atoms with van der Waals surface area (Å²) in [7, 11) is 0. The molecule has 3 N–H and O–H groups in total. The molecule has 1 atom stereocenters. The number of unbranched alkanes of at least 4 members (excludes halogenated alkanes) is 1. The van der Waals surface area contributed by atoms with Crippen molar-refractivity contribution in [2.75, 3.05) is 11.9 Å². The maximum absolute atomic E-state index is 13.0. The number of rotatable bonds is 12. The highest BCUT2D eigenvalue weighted by atomic mass is 32.1. The minimum absolute atomic E-state index is 0.00855. The number of anilines is 1. The number of alkyl carbamates (subject to hydrolysis) is 1. The minimum Gasteiger partial charge on any atom is -0.445 e. The van der Waals surface area contributed by atoms with Crippen LogP contribution in [0.2, 0.25) is 0 Å². The van der Waals surface area contributed by atoms with Gasteiger partial charge in [-0.2, -0.15) is 13.2 Å². The third kappa shape index (κ3) is 10.2. The smallest absolute Gasteiger partial charge is 0.408 e. The molecule has 0 fully saturated rings. The lowest BCUT2D eigenvalue weighted by Gasteiger charge is -2.18. The highest BCUT2D eigenvalue weighted by molar-refractivity contribution is 7.14. The number of hydrogen-bond acceptors (Lipinski definition) is 6. The zero-order chi connectivity index (χ0) is 27.4. The van der Waals surface area contributed by atoms with E-state index in [2.05, 4.69) is 20.9 Å². The first-order valence-corrected chi connectivity index (χ1v) is 12.7. The van der Waals surface area contributed by atoms with Gasteiger partial charge in [-0.3, -0.25) is 9.59 Å². The summed E-state index contributed by atoms with van der Waals surface area (Å²) in [5.41, 5.74) is 2.35. The summed E-state index contributed by atoms with van der Waals surface area (Å²) in [5, 5.41) is 9.59. The molecule has 3 aromatic rings. The molecule has 0 aliphatic rings.